The maximum Gasteiger partial charge on any atom is 0.460 e. The number of imidazole rings is 1. The molecule has 1 aromatic heterocycles. The predicted molar refractivity (Wildman–Crippen MR) is 61.7 cm³/mol. The molecular formula is C12H6F17N2+. The van der Waals surface area contributed by atoms with Gasteiger partial charge in [0.05, 0.1) is 0 Å². The molecule has 0 aliphatic rings. The van der Waals surface area contributed by atoms with E-state index in [9.17, 15) is 74.6 Å². The molecule has 1 heterocycles. The summed E-state index contributed by atoms with van der Waals surface area (Å²) in [4.78, 5) is 1.89. The van der Waals surface area contributed by atoms with Crippen molar-refractivity contribution in [3.05, 3.63) is 18.7 Å². The third-order valence-corrected chi connectivity index (χ3v) is 3.77. The van der Waals surface area contributed by atoms with Crippen LogP contribution in [-0.2, 0) is 6.54 Å². The van der Waals surface area contributed by atoms with Gasteiger partial charge in [-0.2, -0.15) is 74.6 Å². The van der Waals surface area contributed by atoms with Crippen LogP contribution in [0.2, 0.25) is 0 Å². The lowest BCUT2D eigenvalue weighted by molar-refractivity contribution is -0.718. The van der Waals surface area contributed by atoms with E-state index in [2.05, 4.69) is 0 Å². The Hall–Kier alpha value is -1.98. The molecule has 0 aliphatic carbocycles. The number of hydrogen-bond donors (Lipinski definition) is 1. The average Bonchev–Trinajstić information content (AvgIpc) is 3.04. The van der Waals surface area contributed by atoms with Crippen molar-refractivity contribution < 1.29 is 79.2 Å². The Bertz CT molecular complexity index is 761. The fraction of sp³-hybridized carbons (Fsp3) is 0.750. The van der Waals surface area contributed by atoms with Gasteiger partial charge in [-0.1, -0.05) is 0 Å². The van der Waals surface area contributed by atoms with Gasteiger partial charge in [0.15, 0.2) is 6.54 Å². The maximum atomic E-state index is 13.5. The van der Waals surface area contributed by atoms with Gasteiger partial charge in [-0.05, 0) is 0 Å². The lowest BCUT2D eigenvalue weighted by Crippen LogP contribution is -2.75. The van der Waals surface area contributed by atoms with E-state index in [4.69, 9.17) is 0 Å². The average molecular weight is 501 g/mol. The van der Waals surface area contributed by atoms with Crippen LogP contribution in [0.15, 0.2) is 18.7 Å². The number of nitrogens with zero attached hydrogens (tertiary/aromatic N) is 1. The Morgan fingerprint density at radius 3 is 1.19 bits per heavy atom. The van der Waals surface area contributed by atoms with Crippen LogP contribution < -0.4 is 4.57 Å². The van der Waals surface area contributed by atoms with Gasteiger partial charge in [0.25, 0.3) is 0 Å². The Kier molecular flexibility index (Phi) is 6.12. The second-order valence-corrected chi connectivity index (χ2v) is 5.93. The van der Waals surface area contributed by atoms with Crippen molar-refractivity contribution in [1.29, 1.82) is 0 Å². The van der Waals surface area contributed by atoms with E-state index in [0.717, 1.165) is 0 Å². The second-order valence-electron chi connectivity index (χ2n) is 5.93. The summed E-state index contributed by atoms with van der Waals surface area (Å²) in [5.41, 5.74) is 0. The van der Waals surface area contributed by atoms with Crippen LogP contribution in [0.4, 0.5) is 74.6 Å². The smallest absolute Gasteiger partial charge is 0.250 e. The lowest BCUT2D eigenvalue weighted by atomic mass is 9.89. The standard InChI is InChI=1S/C12H5F17N2/c13-5(14,3-31-2-1-30-4-31)6(15,16)7(17,18)8(19,20)9(21,22)10(23,24)11(25,26)12(27,28)29/h1-2,4H,3H2/p+1. The SMILES string of the molecule is FC(F)(F)C(F)(F)C(F)(F)C(F)(F)C(F)(F)C(F)(F)C(F)(F)C(F)(F)C[n+]1cc[nH]c1. The highest BCUT2D eigenvalue weighted by atomic mass is 19.4. The van der Waals surface area contributed by atoms with Crippen LogP contribution in [0.3, 0.4) is 0 Å². The molecule has 0 aliphatic heterocycles. The second kappa shape index (κ2) is 7.01. The maximum absolute atomic E-state index is 13.5. The summed E-state index contributed by atoms with van der Waals surface area (Å²) in [6.07, 6.45) is -6.32. The van der Waals surface area contributed by atoms with Crippen LogP contribution in [-0.4, -0.2) is 52.6 Å². The number of alkyl halides is 17. The summed E-state index contributed by atoms with van der Waals surface area (Å²) in [7, 11) is 0. The topological polar surface area (TPSA) is 19.7 Å². The van der Waals surface area contributed by atoms with Crippen LogP contribution in [0.5, 0.6) is 0 Å². The molecule has 182 valence electrons. The Morgan fingerprint density at radius 2 is 0.871 bits per heavy atom. The number of aromatic amines is 1. The van der Waals surface area contributed by atoms with Gasteiger partial charge in [-0.3, -0.25) is 4.98 Å². The molecule has 0 spiro atoms. The summed E-state index contributed by atoms with van der Waals surface area (Å²) >= 11 is 0. The first-order valence-electron chi connectivity index (χ1n) is 7.06. The van der Waals surface area contributed by atoms with Crippen molar-refractivity contribution in [2.45, 2.75) is 54.2 Å². The third kappa shape index (κ3) is 3.56. The Morgan fingerprint density at radius 1 is 0.516 bits per heavy atom. The van der Waals surface area contributed by atoms with Gasteiger partial charge in [-0.15, -0.1) is 0 Å². The van der Waals surface area contributed by atoms with E-state index in [0.29, 0.717) is 18.7 Å². The molecule has 1 aromatic rings. The number of nitrogens with one attached hydrogen (secondary N) is 1. The summed E-state index contributed by atoms with van der Waals surface area (Å²) in [6, 6.07) is 0. The van der Waals surface area contributed by atoms with Gasteiger partial charge < -0.3 is 0 Å². The number of halogens is 17. The normalized spacial score (nSPS) is 16.0. The van der Waals surface area contributed by atoms with Crippen molar-refractivity contribution in [3.8, 4) is 0 Å². The fourth-order valence-corrected chi connectivity index (χ4v) is 1.94. The molecule has 0 fully saturated rings. The van der Waals surface area contributed by atoms with Gasteiger partial charge in [0, 0.05) is 0 Å². The van der Waals surface area contributed by atoms with E-state index < -0.39 is 54.2 Å². The van der Waals surface area contributed by atoms with Crippen LogP contribution >= 0.6 is 0 Å². The number of rotatable bonds is 8. The highest BCUT2D eigenvalue weighted by Gasteiger charge is 2.95. The van der Waals surface area contributed by atoms with Crippen LogP contribution in [0.1, 0.15) is 0 Å². The minimum Gasteiger partial charge on any atom is -0.250 e. The largest absolute Gasteiger partial charge is 0.460 e. The molecule has 0 radical (unpaired) electrons. The molecule has 0 amide bonds. The molecule has 31 heavy (non-hydrogen) atoms. The molecule has 1 N–H and O–H groups in total. The summed E-state index contributed by atoms with van der Waals surface area (Å²) < 4.78 is 221. The van der Waals surface area contributed by atoms with Gasteiger partial charge in [0.2, 0.25) is 6.33 Å². The van der Waals surface area contributed by atoms with E-state index in [1.165, 1.54) is 0 Å². The van der Waals surface area contributed by atoms with Gasteiger partial charge >= 0.3 is 47.6 Å². The molecule has 0 bridgehead atoms. The molecule has 0 atom stereocenters. The van der Waals surface area contributed by atoms with Crippen molar-refractivity contribution >= 4 is 0 Å². The number of hydrogen-bond acceptors (Lipinski definition) is 0. The summed E-state index contributed by atoms with van der Waals surface area (Å²) in [5, 5.41) is 0. The third-order valence-electron chi connectivity index (χ3n) is 3.77. The zero-order valence-electron chi connectivity index (χ0n) is 13.8. The number of H-pyrrole nitrogens is 1. The lowest BCUT2D eigenvalue weighted by Gasteiger charge is -2.42. The molecular weight excluding hydrogens is 495 g/mol. The molecule has 0 unspecified atom stereocenters. The van der Waals surface area contributed by atoms with Crippen LogP contribution in [0.25, 0.3) is 0 Å². The highest BCUT2D eigenvalue weighted by molar-refractivity contribution is 5.14. The molecule has 0 aromatic carbocycles. The first kappa shape index (κ1) is 27.1. The zero-order valence-corrected chi connectivity index (χ0v) is 13.8. The zero-order chi connectivity index (χ0) is 25.1. The Labute approximate surface area is 158 Å². The van der Waals surface area contributed by atoms with Crippen molar-refractivity contribution in [3.63, 3.8) is 0 Å². The minimum atomic E-state index is -8.61. The van der Waals surface area contributed by atoms with E-state index in [1.54, 1.807) is 0 Å². The first-order valence-corrected chi connectivity index (χ1v) is 7.06. The molecule has 2 nitrogen and oxygen atoms in total. The number of aromatic nitrogens is 2. The van der Waals surface area contributed by atoms with Gasteiger partial charge in [0.1, 0.15) is 12.4 Å². The van der Waals surface area contributed by atoms with E-state index in [1.807, 2.05) is 4.98 Å². The quantitative estimate of drug-likeness (QED) is 0.368. The highest BCUT2D eigenvalue weighted by Crippen LogP contribution is 2.63. The minimum absolute atomic E-state index is 0.118. The fourth-order valence-electron chi connectivity index (χ4n) is 1.94. The first-order chi connectivity index (χ1) is 13.3. The summed E-state index contributed by atoms with van der Waals surface area (Å²) in [6.45, 7) is -2.66. The predicted octanol–water partition coefficient (Wildman–Crippen LogP) is 5.31. The molecule has 19 heteroatoms. The molecule has 1 rings (SSSR count). The van der Waals surface area contributed by atoms with Crippen molar-refractivity contribution in [2.24, 2.45) is 0 Å². The van der Waals surface area contributed by atoms with Crippen molar-refractivity contribution in [1.82, 2.24) is 4.98 Å². The van der Waals surface area contributed by atoms with Crippen LogP contribution in [0, 0.1) is 0 Å². The van der Waals surface area contributed by atoms with Crippen molar-refractivity contribution in [2.75, 3.05) is 0 Å². The summed E-state index contributed by atoms with van der Waals surface area (Å²) in [5.74, 6) is -56.2. The van der Waals surface area contributed by atoms with E-state index >= 15 is 0 Å². The Balaban J connectivity index is 3.57. The monoisotopic (exact) mass is 501 g/mol. The molecule has 0 saturated heterocycles. The van der Waals surface area contributed by atoms with E-state index in [-0.39, 0.29) is 4.57 Å². The molecule has 0 saturated carbocycles. The van der Waals surface area contributed by atoms with Gasteiger partial charge in [-0.25, -0.2) is 4.57 Å².